The Kier molecular flexibility index (Phi) is 3.03. The summed E-state index contributed by atoms with van der Waals surface area (Å²) in [5, 5.41) is 9.51. The average Bonchev–Trinajstić information content (AvgIpc) is 2.96. The lowest BCUT2D eigenvalue weighted by atomic mass is 10.3. The van der Waals surface area contributed by atoms with Crippen LogP contribution in [-0.4, -0.2) is 29.3 Å². The molecule has 0 fully saturated rings. The van der Waals surface area contributed by atoms with Gasteiger partial charge in [0.05, 0.1) is 5.69 Å². The Balaban J connectivity index is 1.90. The quantitative estimate of drug-likeness (QED) is 0.743. The van der Waals surface area contributed by atoms with E-state index in [9.17, 15) is 0 Å². The fraction of sp³-hybridized carbons (Fsp3) is 0.182. The molecule has 3 rings (SSSR count). The van der Waals surface area contributed by atoms with Crippen molar-refractivity contribution in [1.82, 2.24) is 15.2 Å². The molecule has 0 unspecified atom stereocenters. The van der Waals surface area contributed by atoms with Crippen LogP contribution in [0.3, 0.4) is 0 Å². The summed E-state index contributed by atoms with van der Waals surface area (Å²) >= 11 is 2.83. The SMILES string of the molecule is CN(C)c1nnc(Sc2nc3c(N)cccc3o2)s1. The maximum atomic E-state index is 5.84. The predicted molar refractivity (Wildman–Crippen MR) is 76.8 cm³/mol. The number of nitrogen functional groups attached to an aromatic ring is 1. The smallest absolute Gasteiger partial charge is 0.264 e. The van der Waals surface area contributed by atoms with Crippen LogP contribution in [0, 0.1) is 0 Å². The van der Waals surface area contributed by atoms with Crippen molar-refractivity contribution in [3.8, 4) is 0 Å². The third-order valence-electron chi connectivity index (χ3n) is 2.38. The number of nitrogens with zero attached hydrogens (tertiary/aromatic N) is 4. The predicted octanol–water partition coefficient (Wildman–Crippen LogP) is 2.48. The maximum absolute atomic E-state index is 5.84. The molecule has 3 aromatic rings. The Labute approximate surface area is 117 Å². The summed E-state index contributed by atoms with van der Waals surface area (Å²) in [6, 6.07) is 5.48. The molecule has 2 N–H and O–H groups in total. The molecule has 0 spiro atoms. The molecule has 8 heteroatoms. The number of anilines is 2. The monoisotopic (exact) mass is 293 g/mol. The van der Waals surface area contributed by atoms with Gasteiger partial charge in [-0.2, -0.15) is 0 Å². The number of nitrogens with two attached hydrogens (primary N) is 1. The molecule has 2 aromatic heterocycles. The normalized spacial score (nSPS) is 11.1. The van der Waals surface area contributed by atoms with E-state index in [-0.39, 0.29) is 0 Å². The molecule has 1 aromatic carbocycles. The van der Waals surface area contributed by atoms with E-state index in [1.165, 1.54) is 23.1 Å². The van der Waals surface area contributed by atoms with Crippen LogP contribution in [0.25, 0.3) is 11.1 Å². The molecule has 0 amide bonds. The van der Waals surface area contributed by atoms with Gasteiger partial charge >= 0.3 is 0 Å². The van der Waals surface area contributed by atoms with Crippen molar-refractivity contribution in [3.63, 3.8) is 0 Å². The van der Waals surface area contributed by atoms with E-state index >= 15 is 0 Å². The highest BCUT2D eigenvalue weighted by molar-refractivity contribution is 8.00. The van der Waals surface area contributed by atoms with E-state index in [1.807, 2.05) is 31.1 Å². The Hall–Kier alpha value is -1.80. The lowest BCUT2D eigenvalue weighted by Gasteiger charge is -2.03. The van der Waals surface area contributed by atoms with Gasteiger partial charge in [-0.15, -0.1) is 10.2 Å². The summed E-state index contributed by atoms with van der Waals surface area (Å²) in [4.78, 5) is 6.27. The fourth-order valence-corrected chi connectivity index (χ4v) is 3.10. The summed E-state index contributed by atoms with van der Waals surface area (Å²) in [7, 11) is 3.85. The van der Waals surface area contributed by atoms with Gasteiger partial charge in [-0.05, 0) is 12.1 Å². The number of oxazole rings is 1. The summed E-state index contributed by atoms with van der Waals surface area (Å²) < 4.78 is 6.41. The molecule has 0 bridgehead atoms. The molecule has 0 atom stereocenters. The largest absolute Gasteiger partial charge is 0.431 e. The first-order chi connectivity index (χ1) is 9.13. The van der Waals surface area contributed by atoms with Crippen LogP contribution in [0.4, 0.5) is 10.8 Å². The zero-order chi connectivity index (χ0) is 13.4. The first-order valence-electron chi connectivity index (χ1n) is 5.47. The molecular formula is C11H11N5OS2. The minimum absolute atomic E-state index is 0.523. The first-order valence-corrected chi connectivity index (χ1v) is 7.10. The Morgan fingerprint density at radius 2 is 2.16 bits per heavy atom. The van der Waals surface area contributed by atoms with Crippen molar-refractivity contribution in [1.29, 1.82) is 0 Å². The number of hydrogen-bond donors (Lipinski definition) is 1. The number of fused-ring (bicyclic) bond motifs is 1. The average molecular weight is 293 g/mol. The number of benzene rings is 1. The summed E-state index contributed by atoms with van der Waals surface area (Å²) in [5.74, 6) is 0. The number of rotatable bonds is 3. The van der Waals surface area contributed by atoms with Crippen molar-refractivity contribution in [2.24, 2.45) is 0 Å². The number of aromatic nitrogens is 3. The third-order valence-corrected chi connectivity index (χ3v) is 4.37. The van der Waals surface area contributed by atoms with Crippen molar-refractivity contribution in [2.75, 3.05) is 24.7 Å². The lowest BCUT2D eigenvalue weighted by Crippen LogP contribution is -2.07. The maximum Gasteiger partial charge on any atom is 0.264 e. The zero-order valence-corrected chi connectivity index (χ0v) is 12.0. The second kappa shape index (κ2) is 4.71. The van der Waals surface area contributed by atoms with Gasteiger partial charge in [-0.3, -0.25) is 0 Å². The van der Waals surface area contributed by atoms with Gasteiger partial charge in [0.2, 0.25) is 5.13 Å². The molecule has 0 aliphatic heterocycles. The summed E-state index contributed by atoms with van der Waals surface area (Å²) in [5.41, 5.74) is 7.82. The standard InChI is InChI=1S/C11H11N5OS2/c1-16(2)9-14-15-11(18-9)19-10-13-8-6(12)4-3-5-7(8)17-10/h3-5H,12H2,1-2H3. The topological polar surface area (TPSA) is 81.1 Å². The number of hydrogen-bond acceptors (Lipinski definition) is 8. The zero-order valence-electron chi connectivity index (χ0n) is 10.3. The third kappa shape index (κ3) is 2.36. The summed E-state index contributed by atoms with van der Waals surface area (Å²) in [6.45, 7) is 0. The highest BCUT2D eigenvalue weighted by atomic mass is 32.2. The fourth-order valence-electron chi connectivity index (χ4n) is 1.49. The molecule has 0 aliphatic carbocycles. The van der Waals surface area contributed by atoms with Crippen LogP contribution in [0.5, 0.6) is 0 Å². The van der Waals surface area contributed by atoms with E-state index < -0.39 is 0 Å². The Morgan fingerprint density at radius 3 is 2.84 bits per heavy atom. The van der Waals surface area contributed by atoms with Crippen LogP contribution in [0.2, 0.25) is 0 Å². The first kappa shape index (κ1) is 12.2. The second-order valence-electron chi connectivity index (χ2n) is 4.02. The van der Waals surface area contributed by atoms with E-state index in [2.05, 4.69) is 15.2 Å². The Bertz CT molecular complexity index is 721. The molecule has 0 saturated heterocycles. The van der Waals surface area contributed by atoms with Crippen molar-refractivity contribution in [2.45, 2.75) is 9.56 Å². The van der Waals surface area contributed by atoms with Crippen LogP contribution in [0.15, 0.2) is 32.2 Å². The summed E-state index contributed by atoms with van der Waals surface area (Å²) in [6.07, 6.45) is 0. The van der Waals surface area contributed by atoms with Gasteiger partial charge in [-0.25, -0.2) is 4.98 Å². The van der Waals surface area contributed by atoms with Gasteiger partial charge in [0.1, 0.15) is 5.52 Å². The molecule has 0 radical (unpaired) electrons. The van der Waals surface area contributed by atoms with E-state index in [4.69, 9.17) is 10.2 Å². The van der Waals surface area contributed by atoms with E-state index in [0.717, 1.165) is 9.47 Å². The van der Waals surface area contributed by atoms with E-state index in [1.54, 1.807) is 6.07 Å². The lowest BCUT2D eigenvalue weighted by molar-refractivity contribution is 0.489. The van der Waals surface area contributed by atoms with Crippen molar-refractivity contribution < 1.29 is 4.42 Å². The van der Waals surface area contributed by atoms with Crippen LogP contribution in [-0.2, 0) is 0 Å². The molecule has 6 nitrogen and oxygen atoms in total. The highest BCUT2D eigenvalue weighted by Crippen LogP contribution is 2.34. The van der Waals surface area contributed by atoms with Crippen LogP contribution >= 0.6 is 23.1 Å². The van der Waals surface area contributed by atoms with Gasteiger partial charge < -0.3 is 15.1 Å². The van der Waals surface area contributed by atoms with Gasteiger partial charge in [0.15, 0.2) is 9.92 Å². The molecule has 19 heavy (non-hydrogen) atoms. The molecule has 0 saturated carbocycles. The van der Waals surface area contributed by atoms with E-state index in [0.29, 0.717) is 22.0 Å². The van der Waals surface area contributed by atoms with Crippen LogP contribution in [0.1, 0.15) is 0 Å². The minimum atomic E-state index is 0.523. The second-order valence-corrected chi connectivity index (χ2v) is 6.18. The highest BCUT2D eigenvalue weighted by Gasteiger charge is 2.13. The van der Waals surface area contributed by atoms with Crippen molar-refractivity contribution in [3.05, 3.63) is 18.2 Å². The van der Waals surface area contributed by atoms with Crippen LogP contribution < -0.4 is 10.6 Å². The van der Waals surface area contributed by atoms with Crippen molar-refractivity contribution >= 4 is 45.0 Å². The van der Waals surface area contributed by atoms with Gasteiger partial charge in [0, 0.05) is 25.9 Å². The molecule has 2 heterocycles. The Morgan fingerprint density at radius 1 is 1.32 bits per heavy atom. The van der Waals surface area contributed by atoms with Gasteiger partial charge in [0.25, 0.3) is 5.22 Å². The molecular weight excluding hydrogens is 282 g/mol. The minimum Gasteiger partial charge on any atom is -0.431 e. The molecule has 98 valence electrons. The van der Waals surface area contributed by atoms with Gasteiger partial charge in [-0.1, -0.05) is 17.4 Å². The molecule has 0 aliphatic rings. The number of para-hydroxylation sites is 1.